The fourth-order valence-electron chi connectivity index (χ4n) is 2.22. The Morgan fingerprint density at radius 2 is 1.69 bits per heavy atom. The molecule has 0 amide bonds. The molecular formula is C15H33N. The number of unbranched alkanes of at least 4 members (excludes halogenated alkanes) is 2. The average molecular weight is 227 g/mol. The van der Waals surface area contributed by atoms with Crippen LogP contribution in [0.1, 0.15) is 66.7 Å². The predicted octanol–water partition coefficient (Wildman–Crippen LogP) is 4.57. The molecule has 0 aliphatic rings. The van der Waals surface area contributed by atoms with Gasteiger partial charge in [0.15, 0.2) is 0 Å². The van der Waals surface area contributed by atoms with E-state index in [0.717, 1.165) is 5.92 Å². The molecule has 0 fully saturated rings. The smallest absolute Gasteiger partial charge is 0.00270 e. The van der Waals surface area contributed by atoms with Crippen molar-refractivity contribution in [3.63, 3.8) is 0 Å². The Balaban J connectivity index is 3.55. The Morgan fingerprint density at radius 3 is 2.19 bits per heavy atom. The predicted molar refractivity (Wildman–Crippen MR) is 74.9 cm³/mol. The highest BCUT2D eigenvalue weighted by Gasteiger charge is 2.13. The van der Waals surface area contributed by atoms with Gasteiger partial charge in [-0.15, -0.1) is 0 Å². The molecule has 1 heteroatoms. The zero-order valence-electron chi connectivity index (χ0n) is 12.5. The zero-order chi connectivity index (χ0) is 12.6. The summed E-state index contributed by atoms with van der Waals surface area (Å²) in [5.74, 6) is 0.897. The summed E-state index contributed by atoms with van der Waals surface area (Å²) in [6, 6.07) is 0. The van der Waals surface area contributed by atoms with Gasteiger partial charge >= 0.3 is 0 Å². The number of nitrogens with zero attached hydrogens (tertiary/aromatic N) is 1. The monoisotopic (exact) mass is 227 g/mol. The van der Waals surface area contributed by atoms with Crippen molar-refractivity contribution < 1.29 is 0 Å². The van der Waals surface area contributed by atoms with E-state index in [1.54, 1.807) is 0 Å². The Bertz CT molecular complexity index is 157. The molecule has 0 rings (SSSR count). The van der Waals surface area contributed by atoms with Gasteiger partial charge in [0, 0.05) is 6.54 Å². The largest absolute Gasteiger partial charge is 0.306 e. The Labute approximate surface area is 104 Å². The number of hydrogen-bond acceptors (Lipinski definition) is 1. The highest BCUT2D eigenvalue weighted by Crippen LogP contribution is 2.17. The van der Waals surface area contributed by atoms with Crippen molar-refractivity contribution in [2.24, 2.45) is 11.3 Å². The van der Waals surface area contributed by atoms with E-state index < -0.39 is 0 Å². The van der Waals surface area contributed by atoms with Crippen molar-refractivity contribution in [3.05, 3.63) is 0 Å². The molecular weight excluding hydrogens is 194 g/mol. The summed E-state index contributed by atoms with van der Waals surface area (Å²) < 4.78 is 0. The second-order valence-electron chi connectivity index (χ2n) is 6.69. The maximum absolute atomic E-state index is 2.48. The van der Waals surface area contributed by atoms with Crippen molar-refractivity contribution in [1.29, 1.82) is 0 Å². The van der Waals surface area contributed by atoms with Crippen molar-refractivity contribution in [2.45, 2.75) is 66.7 Å². The van der Waals surface area contributed by atoms with Crippen molar-refractivity contribution in [2.75, 3.05) is 20.1 Å². The van der Waals surface area contributed by atoms with E-state index in [0.29, 0.717) is 5.41 Å². The van der Waals surface area contributed by atoms with Crippen LogP contribution >= 0.6 is 0 Å². The molecule has 0 radical (unpaired) electrons. The summed E-state index contributed by atoms with van der Waals surface area (Å²) in [6.07, 6.45) is 6.94. The minimum absolute atomic E-state index is 0.431. The summed E-state index contributed by atoms with van der Waals surface area (Å²) in [4.78, 5) is 2.48. The van der Waals surface area contributed by atoms with Crippen LogP contribution in [0, 0.1) is 11.3 Å². The summed E-state index contributed by atoms with van der Waals surface area (Å²) >= 11 is 0. The molecule has 0 N–H and O–H groups in total. The Morgan fingerprint density at radius 1 is 1.06 bits per heavy atom. The van der Waals surface area contributed by atoms with Gasteiger partial charge in [0.05, 0.1) is 0 Å². The van der Waals surface area contributed by atoms with Crippen LogP contribution in [-0.4, -0.2) is 25.0 Å². The van der Waals surface area contributed by atoms with Crippen LogP contribution in [0.4, 0.5) is 0 Å². The van der Waals surface area contributed by atoms with Gasteiger partial charge in [-0.05, 0) is 31.3 Å². The highest BCUT2D eigenvalue weighted by molar-refractivity contribution is 4.67. The van der Waals surface area contributed by atoms with Crippen LogP contribution < -0.4 is 0 Å². The third-order valence-corrected chi connectivity index (χ3v) is 3.05. The third-order valence-electron chi connectivity index (χ3n) is 3.05. The fraction of sp³-hybridized carbons (Fsp3) is 1.00. The van der Waals surface area contributed by atoms with Gasteiger partial charge in [0.2, 0.25) is 0 Å². The molecule has 0 heterocycles. The molecule has 0 saturated carbocycles. The van der Waals surface area contributed by atoms with Crippen molar-refractivity contribution in [1.82, 2.24) is 4.90 Å². The number of hydrogen-bond donors (Lipinski definition) is 0. The van der Waals surface area contributed by atoms with Gasteiger partial charge in [0.25, 0.3) is 0 Å². The normalized spacial score (nSPS) is 14.4. The summed E-state index contributed by atoms with van der Waals surface area (Å²) in [7, 11) is 2.25. The summed E-state index contributed by atoms with van der Waals surface area (Å²) in [6.45, 7) is 14.1. The van der Waals surface area contributed by atoms with Gasteiger partial charge in [0.1, 0.15) is 0 Å². The van der Waals surface area contributed by atoms with Gasteiger partial charge in [-0.2, -0.15) is 0 Å². The maximum atomic E-state index is 2.48. The highest BCUT2D eigenvalue weighted by atomic mass is 15.1. The quantitative estimate of drug-likeness (QED) is 0.549. The van der Waals surface area contributed by atoms with Crippen molar-refractivity contribution in [3.8, 4) is 0 Å². The molecule has 0 aromatic rings. The van der Waals surface area contributed by atoms with Gasteiger partial charge in [-0.3, -0.25) is 0 Å². The van der Waals surface area contributed by atoms with Crippen LogP contribution in [0.25, 0.3) is 0 Å². The van der Waals surface area contributed by atoms with E-state index in [4.69, 9.17) is 0 Å². The van der Waals surface area contributed by atoms with E-state index in [1.165, 1.54) is 45.2 Å². The van der Waals surface area contributed by atoms with E-state index >= 15 is 0 Å². The Kier molecular flexibility index (Phi) is 8.09. The zero-order valence-corrected chi connectivity index (χ0v) is 12.5. The topological polar surface area (TPSA) is 3.24 Å². The van der Waals surface area contributed by atoms with Crippen LogP contribution in [-0.2, 0) is 0 Å². The molecule has 0 spiro atoms. The van der Waals surface area contributed by atoms with Gasteiger partial charge < -0.3 is 4.90 Å². The second-order valence-corrected chi connectivity index (χ2v) is 6.69. The lowest BCUT2D eigenvalue weighted by Crippen LogP contribution is -2.30. The molecule has 0 bridgehead atoms. The second kappa shape index (κ2) is 8.11. The van der Waals surface area contributed by atoms with Crippen molar-refractivity contribution >= 4 is 0 Å². The Hall–Kier alpha value is -0.0400. The molecule has 0 saturated heterocycles. The van der Waals surface area contributed by atoms with E-state index in [1.807, 2.05) is 0 Å². The molecule has 1 unspecified atom stereocenters. The van der Waals surface area contributed by atoms with E-state index in [-0.39, 0.29) is 0 Å². The van der Waals surface area contributed by atoms with Gasteiger partial charge in [-0.1, -0.05) is 60.3 Å². The molecule has 0 aliphatic carbocycles. The fourth-order valence-corrected chi connectivity index (χ4v) is 2.22. The van der Waals surface area contributed by atoms with Crippen LogP contribution in [0.15, 0.2) is 0 Å². The van der Waals surface area contributed by atoms with E-state index in [2.05, 4.69) is 46.6 Å². The van der Waals surface area contributed by atoms with E-state index in [9.17, 15) is 0 Å². The summed E-state index contributed by atoms with van der Waals surface area (Å²) in [5, 5.41) is 0. The molecule has 1 nitrogen and oxygen atoms in total. The van der Waals surface area contributed by atoms with Crippen LogP contribution in [0.5, 0.6) is 0 Å². The molecule has 16 heavy (non-hydrogen) atoms. The number of rotatable bonds is 8. The maximum Gasteiger partial charge on any atom is 0.00270 e. The standard InChI is InChI=1S/C15H33N/c1-7-8-9-10-14(2)11-12-16(6)13-15(3,4)5/h14H,7-13H2,1-6H3. The molecule has 0 aromatic heterocycles. The SMILES string of the molecule is CCCCCC(C)CCN(C)CC(C)(C)C. The third kappa shape index (κ3) is 10.5. The minimum atomic E-state index is 0.431. The van der Waals surface area contributed by atoms with Crippen LogP contribution in [0.2, 0.25) is 0 Å². The molecule has 98 valence electrons. The lowest BCUT2D eigenvalue weighted by atomic mass is 9.95. The lowest BCUT2D eigenvalue weighted by Gasteiger charge is -2.27. The van der Waals surface area contributed by atoms with Crippen LogP contribution in [0.3, 0.4) is 0 Å². The first-order chi connectivity index (χ1) is 7.35. The van der Waals surface area contributed by atoms with Gasteiger partial charge in [-0.25, -0.2) is 0 Å². The molecule has 0 aromatic carbocycles. The molecule has 0 aliphatic heterocycles. The average Bonchev–Trinajstić information content (AvgIpc) is 2.12. The first kappa shape index (κ1) is 16.0. The first-order valence-corrected chi connectivity index (χ1v) is 7.03. The first-order valence-electron chi connectivity index (χ1n) is 7.03. The minimum Gasteiger partial charge on any atom is -0.306 e. The molecule has 1 atom stereocenters. The summed E-state index contributed by atoms with van der Waals surface area (Å²) in [5.41, 5.74) is 0.431. The lowest BCUT2D eigenvalue weighted by molar-refractivity contribution is 0.214.